The predicted octanol–water partition coefficient (Wildman–Crippen LogP) is 0.617. The van der Waals surface area contributed by atoms with E-state index < -0.39 is 7.05 Å². The van der Waals surface area contributed by atoms with Gasteiger partial charge in [0, 0.05) is 24.2 Å². The second-order valence-corrected chi connectivity index (χ2v) is 5.30. The van der Waals surface area contributed by atoms with Gasteiger partial charge in [-0.25, -0.2) is 9.59 Å². The van der Waals surface area contributed by atoms with Crippen molar-refractivity contribution < 1.29 is 24.1 Å². The summed E-state index contributed by atoms with van der Waals surface area (Å²) in [6.07, 6.45) is 5.49. The Morgan fingerprint density at radius 3 is 2.25 bits per heavy atom. The van der Waals surface area contributed by atoms with Crippen LogP contribution in [0.15, 0.2) is 23.3 Å². The van der Waals surface area contributed by atoms with Gasteiger partial charge in [0.2, 0.25) is 0 Å². The number of methoxy groups -OCH3 is 2. The Bertz CT molecular complexity index is 477. The van der Waals surface area contributed by atoms with E-state index in [1.807, 2.05) is 17.0 Å². The van der Waals surface area contributed by atoms with Gasteiger partial charge in [-0.3, -0.25) is 0 Å². The van der Waals surface area contributed by atoms with Crippen molar-refractivity contribution in [3.8, 4) is 0 Å². The van der Waals surface area contributed by atoms with Crippen molar-refractivity contribution in [1.29, 1.82) is 0 Å². The molecule has 0 aliphatic carbocycles. The first-order valence-corrected chi connectivity index (χ1v) is 7.67. The van der Waals surface area contributed by atoms with Crippen LogP contribution in [-0.2, 0) is 19.1 Å². The van der Waals surface area contributed by atoms with Crippen LogP contribution in [0.3, 0.4) is 0 Å². The maximum Gasteiger partial charge on any atom is 0.376 e. The zero-order valence-electron chi connectivity index (χ0n) is 14.0. The summed E-state index contributed by atoms with van der Waals surface area (Å²) >= 11 is 0. The first-order valence-electron chi connectivity index (χ1n) is 7.67. The van der Waals surface area contributed by atoms with Crippen LogP contribution in [0.4, 0.5) is 0 Å². The highest BCUT2D eigenvalue weighted by Crippen LogP contribution is 2.11. The van der Waals surface area contributed by atoms with E-state index in [9.17, 15) is 14.6 Å². The Hall–Kier alpha value is -1.64. The molecule has 0 fully saturated rings. The number of nitrogens with zero attached hydrogens (tertiary/aromatic N) is 1. The zero-order chi connectivity index (χ0) is 17.2. The van der Waals surface area contributed by atoms with E-state index in [2.05, 4.69) is 14.8 Å². The minimum atomic E-state index is -0.506. The highest BCUT2D eigenvalue weighted by molar-refractivity contribution is 6.45. The van der Waals surface area contributed by atoms with E-state index >= 15 is 0 Å². The first-order chi connectivity index (χ1) is 11.0. The van der Waals surface area contributed by atoms with Crippen molar-refractivity contribution in [2.24, 2.45) is 0 Å². The molecule has 0 aromatic rings. The molecule has 2 aliphatic rings. The third-order valence-electron chi connectivity index (χ3n) is 3.63. The van der Waals surface area contributed by atoms with Crippen molar-refractivity contribution in [2.75, 3.05) is 40.4 Å². The van der Waals surface area contributed by atoms with Gasteiger partial charge in [-0.2, -0.15) is 0 Å². The van der Waals surface area contributed by atoms with Crippen LogP contribution in [0.25, 0.3) is 0 Å². The Labute approximate surface area is 144 Å². The molecule has 2 heterocycles. The second kappa shape index (κ2) is 11.8. The molecule has 136 valence electrons. The lowest BCUT2D eigenvalue weighted by atomic mass is 9.83. The molecule has 0 unspecified atom stereocenters. The molecule has 0 bridgehead atoms. The molecular weight excluding hydrogens is 311 g/mol. The Morgan fingerprint density at radius 1 is 1.17 bits per heavy atom. The van der Waals surface area contributed by atoms with E-state index in [0.717, 1.165) is 31.5 Å². The first kappa shape index (κ1) is 22.4. The summed E-state index contributed by atoms with van der Waals surface area (Å²) in [6, 6.07) is 0. The summed E-state index contributed by atoms with van der Waals surface area (Å²) < 4.78 is 9.14. The van der Waals surface area contributed by atoms with E-state index in [4.69, 9.17) is 0 Å². The molecule has 0 aromatic carbocycles. The number of carbonyl (C=O) groups excluding carboxylic acids is 2. The predicted molar refractivity (Wildman–Crippen MR) is 94.4 cm³/mol. The van der Waals surface area contributed by atoms with Crippen LogP contribution in [0.2, 0.25) is 6.82 Å². The second-order valence-electron chi connectivity index (χ2n) is 5.30. The molecule has 8 heteroatoms. The maximum atomic E-state index is 11.1. The average Bonchev–Trinajstić information content (AvgIpc) is 2.61. The highest BCUT2D eigenvalue weighted by Gasteiger charge is 2.23. The zero-order valence-corrected chi connectivity index (χ0v) is 14.0. The Morgan fingerprint density at radius 2 is 1.75 bits per heavy atom. The van der Waals surface area contributed by atoms with Gasteiger partial charge in [0.05, 0.1) is 14.2 Å². The number of carbonyl (C=O) groups is 2. The van der Waals surface area contributed by atoms with Crippen molar-refractivity contribution in [3.63, 3.8) is 0 Å². The molecule has 2 rings (SSSR count). The van der Waals surface area contributed by atoms with Crippen LogP contribution in [0, 0.1) is 0 Å². The van der Waals surface area contributed by atoms with Crippen LogP contribution in [-0.4, -0.2) is 69.2 Å². The molecule has 0 aromatic heterocycles. The van der Waals surface area contributed by atoms with Crippen molar-refractivity contribution in [3.05, 3.63) is 23.3 Å². The standard InChI is InChI=1S/C8H14BNO3.C7H11NO2.CH4/c1-9(12)10-5-3-4-7(6-10)8(11)13-2;1-10-7(9)6-3-2-4-8-5-6;/h4,12H,3,5-6H2,1-2H3;3,8H,2,4-5H2,1H3;1H4. The molecule has 0 radical (unpaired) electrons. The van der Waals surface area contributed by atoms with Gasteiger partial charge in [-0.15, -0.1) is 0 Å². The lowest BCUT2D eigenvalue weighted by Gasteiger charge is -2.26. The minimum absolute atomic E-state index is 0. The average molecular weight is 340 g/mol. The number of hydrogen-bond acceptors (Lipinski definition) is 7. The molecule has 0 atom stereocenters. The lowest BCUT2D eigenvalue weighted by Crippen LogP contribution is -2.42. The monoisotopic (exact) mass is 340 g/mol. The SMILES string of the molecule is C.COC(=O)C1=CCCN(B(C)O)C1.COC(=O)C1=CCCNC1. The molecular formula is C16H29BN2O5. The summed E-state index contributed by atoms with van der Waals surface area (Å²) in [4.78, 5) is 23.8. The highest BCUT2D eigenvalue weighted by atomic mass is 16.5. The quantitative estimate of drug-likeness (QED) is 0.575. The van der Waals surface area contributed by atoms with Gasteiger partial charge in [0.1, 0.15) is 0 Å². The summed E-state index contributed by atoms with van der Waals surface area (Å²) in [5, 5.41) is 12.4. The number of hydrogen-bond donors (Lipinski definition) is 2. The molecule has 0 saturated carbocycles. The van der Waals surface area contributed by atoms with Crippen LogP contribution in [0.1, 0.15) is 20.3 Å². The molecule has 24 heavy (non-hydrogen) atoms. The number of esters is 2. The van der Waals surface area contributed by atoms with Crippen molar-refractivity contribution >= 4 is 19.0 Å². The van der Waals surface area contributed by atoms with Crippen LogP contribution < -0.4 is 5.32 Å². The van der Waals surface area contributed by atoms with E-state index in [1.54, 1.807) is 6.82 Å². The third-order valence-corrected chi connectivity index (χ3v) is 3.63. The van der Waals surface area contributed by atoms with E-state index in [-0.39, 0.29) is 19.4 Å². The normalized spacial score (nSPS) is 17.2. The third kappa shape index (κ3) is 7.29. The molecule has 2 N–H and O–H groups in total. The minimum Gasteiger partial charge on any atom is -0.466 e. The molecule has 0 amide bonds. The summed E-state index contributed by atoms with van der Waals surface area (Å²) in [5.41, 5.74) is 1.38. The van der Waals surface area contributed by atoms with Crippen LogP contribution in [0.5, 0.6) is 0 Å². The van der Waals surface area contributed by atoms with Gasteiger partial charge in [0.15, 0.2) is 0 Å². The van der Waals surface area contributed by atoms with Gasteiger partial charge >= 0.3 is 19.0 Å². The fourth-order valence-corrected chi connectivity index (χ4v) is 2.30. The molecule has 0 saturated heterocycles. The number of ether oxygens (including phenoxy) is 2. The van der Waals surface area contributed by atoms with E-state index in [0.29, 0.717) is 18.7 Å². The molecule has 0 spiro atoms. The Kier molecular flexibility index (Phi) is 11.0. The fraction of sp³-hybridized carbons (Fsp3) is 0.625. The maximum absolute atomic E-state index is 11.1. The summed E-state index contributed by atoms with van der Waals surface area (Å²) in [5.74, 6) is -0.516. The number of nitrogens with one attached hydrogen (secondary N) is 1. The van der Waals surface area contributed by atoms with Crippen molar-refractivity contribution in [2.45, 2.75) is 27.1 Å². The van der Waals surface area contributed by atoms with Crippen LogP contribution >= 0.6 is 0 Å². The fourth-order valence-electron chi connectivity index (χ4n) is 2.30. The van der Waals surface area contributed by atoms with Gasteiger partial charge < -0.3 is 24.6 Å². The largest absolute Gasteiger partial charge is 0.466 e. The topological polar surface area (TPSA) is 88.1 Å². The van der Waals surface area contributed by atoms with E-state index in [1.165, 1.54) is 14.2 Å². The number of rotatable bonds is 3. The lowest BCUT2D eigenvalue weighted by molar-refractivity contribution is -0.137. The van der Waals surface area contributed by atoms with Gasteiger partial charge in [-0.05, 0) is 32.8 Å². The molecule has 2 aliphatic heterocycles. The van der Waals surface area contributed by atoms with Crippen molar-refractivity contribution in [1.82, 2.24) is 10.1 Å². The summed E-state index contributed by atoms with van der Waals surface area (Å²) in [6.45, 7) is 4.57. The smallest absolute Gasteiger partial charge is 0.376 e. The summed E-state index contributed by atoms with van der Waals surface area (Å²) in [7, 11) is 2.26. The molecule has 7 nitrogen and oxygen atoms in total. The van der Waals surface area contributed by atoms with Gasteiger partial charge in [-0.1, -0.05) is 19.6 Å². The Balaban J connectivity index is 0.000000436. The van der Waals surface area contributed by atoms with Gasteiger partial charge in [0.25, 0.3) is 0 Å².